The summed E-state index contributed by atoms with van der Waals surface area (Å²) in [6, 6.07) is -0.762. The number of hydrogen-bond donors (Lipinski definition) is 2. The van der Waals surface area contributed by atoms with Crippen LogP contribution in [0.2, 0.25) is 0 Å². The minimum atomic E-state index is -2.76. The number of rotatable bonds is 4. The molecule has 112 valence electrons. The Morgan fingerprint density at radius 1 is 1.47 bits per heavy atom. The third-order valence-electron chi connectivity index (χ3n) is 3.86. The topological polar surface area (TPSA) is 50.4 Å². The first-order valence-corrected chi connectivity index (χ1v) is 6.43. The number of nitrogens with one attached hydrogen (secondary N) is 2. The van der Waals surface area contributed by atoms with Crippen LogP contribution < -0.4 is 10.6 Å². The van der Waals surface area contributed by atoms with Crippen molar-refractivity contribution in [3.63, 3.8) is 0 Å². The van der Waals surface area contributed by atoms with Gasteiger partial charge in [-0.15, -0.1) is 12.4 Å². The van der Waals surface area contributed by atoms with Crippen LogP contribution >= 0.6 is 12.4 Å². The molecule has 2 aliphatic rings. The Kier molecular flexibility index (Phi) is 5.95. The predicted octanol–water partition coefficient (Wildman–Crippen LogP) is 1.34. The summed E-state index contributed by atoms with van der Waals surface area (Å²) in [5.74, 6) is -2.78. The maximum Gasteiger partial charge on any atom is 0.262 e. The molecule has 2 fully saturated rings. The van der Waals surface area contributed by atoms with Crippen LogP contribution in [0.5, 0.6) is 0 Å². The molecule has 0 radical (unpaired) electrons. The summed E-state index contributed by atoms with van der Waals surface area (Å²) in [4.78, 5) is 11.7. The van der Waals surface area contributed by atoms with E-state index in [9.17, 15) is 13.6 Å². The van der Waals surface area contributed by atoms with Crippen molar-refractivity contribution in [2.24, 2.45) is 5.92 Å². The van der Waals surface area contributed by atoms with Crippen molar-refractivity contribution in [3.05, 3.63) is 0 Å². The lowest BCUT2D eigenvalue weighted by atomic mass is 10.1. The first kappa shape index (κ1) is 16.6. The molecule has 0 aromatic rings. The van der Waals surface area contributed by atoms with E-state index in [1.54, 1.807) is 7.11 Å². The van der Waals surface area contributed by atoms with E-state index < -0.39 is 24.9 Å². The smallest absolute Gasteiger partial charge is 0.262 e. The molecule has 1 saturated heterocycles. The van der Waals surface area contributed by atoms with Crippen molar-refractivity contribution >= 4 is 18.3 Å². The molecule has 0 spiro atoms. The van der Waals surface area contributed by atoms with Crippen molar-refractivity contribution in [1.82, 2.24) is 10.6 Å². The van der Waals surface area contributed by atoms with Crippen molar-refractivity contribution in [2.45, 2.75) is 43.8 Å². The maximum atomic E-state index is 13.0. The highest BCUT2D eigenvalue weighted by molar-refractivity contribution is 5.85. The molecule has 0 aromatic heterocycles. The Labute approximate surface area is 118 Å². The van der Waals surface area contributed by atoms with Crippen LogP contribution in [0.1, 0.15) is 25.7 Å². The van der Waals surface area contributed by atoms with E-state index in [-0.39, 0.29) is 24.4 Å². The molecule has 0 bridgehead atoms. The van der Waals surface area contributed by atoms with E-state index in [0.29, 0.717) is 12.5 Å². The number of hydrogen-bond acceptors (Lipinski definition) is 3. The summed E-state index contributed by atoms with van der Waals surface area (Å²) in [5, 5.41) is 5.31. The van der Waals surface area contributed by atoms with E-state index in [1.165, 1.54) is 0 Å². The van der Waals surface area contributed by atoms with Gasteiger partial charge in [0.1, 0.15) is 0 Å². The monoisotopic (exact) mass is 298 g/mol. The largest absolute Gasteiger partial charge is 0.381 e. The molecule has 2 N–H and O–H groups in total. The second-order valence-electron chi connectivity index (χ2n) is 5.20. The van der Waals surface area contributed by atoms with Crippen LogP contribution in [0.25, 0.3) is 0 Å². The van der Waals surface area contributed by atoms with Gasteiger partial charge in [-0.05, 0) is 12.8 Å². The molecule has 7 heteroatoms. The summed E-state index contributed by atoms with van der Waals surface area (Å²) in [6.45, 7) is 0.107. The van der Waals surface area contributed by atoms with Gasteiger partial charge in [-0.1, -0.05) is 6.42 Å². The Hall–Kier alpha value is -0.460. The minimum absolute atomic E-state index is 0. The van der Waals surface area contributed by atoms with Gasteiger partial charge in [0.15, 0.2) is 0 Å². The number of methoxy groups -OCH3 is 1. The second kappa shape index (κ2) is 6.81. The zero-order chi connectivity index (χ0) is 13.2. The van der Waals surface area contributed by atoms with Gasteiger partial charge in [0.05, 0.1) is 18.7 Å². The Balaban J connectivity index is 0.00000180. The molecule has 1 aliphatic heterocycles. The molecule has 0 aromatic carbocycles. The summed E-state index contributed by atoms with van der Waals surface area (Å²) < 4.78 is 31.2. The number of halogens is 3. The Morgan fingerprint density at radius 3 is 2.79 bits per heavy atom. The summed E-state index contributed by atoms with van der Waals surface area (Å²) in [6.07, 6.45) is 2.91. The third-order valence-corrected chi connectivity index (χ3v) is 3.86. The van der Waals surface area contributed by atoms with E-state index in [1.807, 2.05) is 0 Å². The fourth-order valence-electron chi connectivity index (χ4n) is 2.80. The summed E-state index contributed by atoms with van der Waals surface area (Å²) >= 11 is 0. The number of carbonyl (C=O) groups excluding carboxylic acids is 1. The summed E-state index contributed by atoms with van der Waals surface area (Å²) in [5.41, 5.74) is 0. The highest BCUT2D eigenvalue weighted by atomic mass is 35.5. The fourth-order valence-corrected chi connectivity index (χ4v) is 2.80. The molecular formula is C12H21ClF2N2O2. The van der Waals surface area contributed by atoms with Gasteiger partial charge in [0.25, 0.3) is 5.92 Å². The van der Waals surface area contributed by atoms with Crippen molar-refractivity contribution in [2.75, 3.05) is 20.2 Å². The number of ether oxygens (including phenoxy) is 1. The lowest BCUT2D eigenvalue weighted by molar-refractivity contribution is -0.123. The third kappa shape index (κ3) is 4.26. The van der Waals surface area contributed by atoms with Crippen LogP contribution in [-0.2, 0) is 9.53 Å². The van der Waals surface area contributed by atoms with Crippen molar-refractivity contribution < 1.29 is 18.3 Å². The van der Waals surface area contributed by atoms with Crippen LogP contribution in [0.4, 0.5) is 8.78 Å². The van der Waals surface area contributed by atoms with Crippen LogP contribution in [-0.4, -0.2) is 44.2 Å². The molecule has 1 heterocycles. The molecule has 1 aliphatic carbocycles. The van der Waals surface area contributed by atoms with Crippen LogP contribution in [0, 0.1) is 5.92 Å². The number of carbonyl (C=O) groups is 1. The van der Waals surface area contributed by atoms with E-state index in [0.717, 1.165) is 19.3 Å². The molecule has 4 nitrogen and oxygen atoms in total. The Bertz CT molecular complexity index is 318. The van der Waals surface area contributed by atoms with Gasteiger partial charge < -0.3 is 10.1 Å². The highest BCUT2D eigenvalue weighted by Crippen LogP contribution is 2.28. The van der Waals surface area contributed by atoms with E-state index in [2.05, 4.69) is 10.6 Å². The van der Waals surface area contributed by atoms with Crippen LogP contribution in [0.3, 0.4) is 0 Å². The quantitative estimate of drug-likeness (QED) is 0.823. The zero-order valence-corrected chi connectivity index (χ0v) is 11.8. The zero-order valence-electron chi connectivity index (χ0n) is 11.0. The molecule has 1 saturated carbocycles. The normalized spacial score (nSPS) is 32.9. The molecule has 1 amide bonds. The maximum absolute atomic E-state index is 13.0. The van der Waals surface area contributed by atoms with Gasteiger partial charge >= 0.3 is 0 Å². The van der Waals surface area contributed by atoms with Crippen molar-refractivity contribution in [3.8, 4) is 0 Å². The molecule has 3 atom stereocenters. The van der Waals surface area contributed by atoms with Gasteiger partial charge in [0.2, 0.25) is 5.91 Å². The lowest BCUT2D eigenvalue weighted by Gasteiger charge is -2.19. The van der Waals surface area contributed by atoms with E-state index in [4.69, 9.17) is 4.74 Å². The van der Waals surface area contributed by atoms with E-state index >= 15 is 0 Å². The average Bonchev–Trinajstić information content (AvgIpc) is 2.91. The molecule has 3 unspecified atom stereocenters. The van der Waals surface area contributed by atoms with Crippen molar-refractivity contribution in [1.29, 1.82) is 0 Å². The second-order valence-corrected chi connectivity index (χ2v) is 5.20. The molecule has 2 rings (SSSR count). The first-order valence-electron chi connectivity index (χ1n) is 6.43. The first-order chi connectivity index (χ1) is 8.52. The lowest BCUT2D eigenvalue weighted by Crippen LogP contribution is -2.43. The average molecular weight is 299 g/mol. The highest BCUT2D eigenvalue weighted by Gasteiger charge is 2.42. The fraction of sp³-hybridized carbons (Fsp3) is 0.917. The SMILES string of the molecule is COC1CCCC1CNC(=O)C1CC(F)(F)CN1.Cl. The number of alkyl halides is 2. The Morgan fingerprint density at radius 2 is 2.21 bits per heavy atom. The van der Waals surface area contributed by atoms with Gasteiger partial charge in [-0.3, -0.25) is 10.1 Å². The van der Waals surface area contributed by atoms with Crippen LogP contribution in [0.15, 0.2) is 0 Å². The summed E-state index contributed by atoms with van der Waals surface area (Å²) in [7, 11) is 1.67. The van der Waals surface area contributed by atoms with Gasteiger partial charge in [-0.25, -0.2) is 8.78 Å². The van der Waals surface area contributed by atoms with Gasteiger partial charge in [-0.2, -0.15) is 0 Å². The minimum Gasteiger partial charge on any atom is -0.381 e. The molecule has 19 heavy (non-hydrogen) atoms. The predicted molar refractivity (Wildman–Crippen MR) is 69.8 cm³/mol. The standard InChI is InChI=1S/C12H20F2N2O2.ClH/c1-18-10-4-2-3-8(10)6-15-11(17)9-5-12(13,14)7-16-9;/h8-10,16H,2-7H2,1H3,(H,15,17);1H. The number of amides is 1. The van der Waals surface area contributed by atoms with Gasteiger partial charge in [0, 0.05) is 26.0 Å². The molecular weight excluding hydrogens is 278 g/mol.